The smallest absolute Gasteiger partial charge is 0.221 e. The van der Waals surface area contributed by atoms with Crippen LogP contribution >= 0.6 is 11.3 Å². The second-order valence-corrected chi connectivity index (χ2v) is 7.78. The third kappa shape index (κ3) is 4.40. The van der Waals surface area contributed by atoms with E-state index in [0.717, 1.165) is 26.3 Å². The van der Waals surface area contributed by atoms with Crippen LogP contribution in [-0.4, -0.2) is 48.2 Å². The molecule has 2 aromatic heterocycles. The van der Waals surface area contributed by atoms with Crippen LogP contribution in [0.2, 0.25) is 0 Å². The first-order valence-corrected chi connectivity index (χ1v) is 10.3. The van der Waals surface area contributed by atoms with Gasteiger partial charge in [0.1, 0.15) is 0 Å². The predicted molar refractivity (Wildman–Crippen MR) is 109 cm³/mol. The number of amides is 1. The van der Waals surface area contributed by atoms with Gasteiger partial charge in [-0.25, -0.2) is 0 Å². The van der Waals surface area contributed by atoms with Crippen molar-refractivity contribution in [3.05, 3.63) is 58.9 Å². The first-order valence-electron chi connectivity index (χ1n) is 9.47. The molecule has 5 nitrogen and oxygen atoms in total. The van der Waals surface area contributed by atoms with E-state index >= 15 is 0 Å². The lowest BCUT2D eigenvalue weighted by molar-refractivity contribution is -0.121. The monoisotopic (exact) mass is 383 g/mol. The van der Waals surface area contributed by atoms with Crippen molar-refractivity contribution in [2.75, 3.05) is 32.8 Å². The molecule has 0 aliphatic carbocycles. The van der Waals surface area contributed by atoms with Crippen LogP contribution in [0.5, 0.6) is 0 Å². The highest BCUT2D eigenvalue weighted by Crippen LogP contribution is 2.25. The summed E-state index contributed by atoms with van der Waals surface area (Å²) in [5.74, 6) is 0.0996. The van der Waals surface area contributed by atoms with Crippen LogP contribution < -0.4 is 5.32 Å². The zero-order valence-corrected chi connectivity index (χ0v) is 16.2. The van der Waals surface area contributed by atoms with Crippen LogP contribution in [0.25, 0.3) is 10.9 Å². The molecular weight excluding hydrogens is 358 g/mol. The lowest BCUT2D eigenvalue weighted by Crippen LogP contribution is -2.43. The molecule has 1 aliphatic rings. The number of rotatable bonds is 7. The van der Waals surface area contributed by atoms with Gasteiger partial charge in [-0.15, -0.1) is 11.3 Å². The quantitative estimate of drug-likeness (QED) is 0.681. The molecule has 0 spiro atoms. The van der Waals surface area contributed by atoms with Crippen LogP contribution in [0, 0.1) is 0 Å². The summed E-state index contributed by atoms with van der Waals surface area (Å²) in [5, 5.41) is 6.46. The second kappa shape index (κ2) is 8.69. The highest BCUT2D eigenvalue weighted by Gasteiger charge is 2.23. The summed E-state index contributed by atoms with van der Waals surface area (Å²) in [4.78, 5) is 16.2. The van der Waals surface area contributed by atoms with Crippen molar-refractivity contribution in [3.8, 4) is 0 Å². The number of fused-ring (bicyclic) bond motifs is 1. The van der Waals surface area contributed by atoms with E-state index in [1.807, 2.05) is 12.1 Å². The molecule has 4 rings (SSSR count). The van der Waals surface area contributed by atoms with Gasteiger partial charge in [-0.1, -0.05) is 24.3 Å². The van der Waals surface area contributed by atoms with Gasteiger partial charge in [0.05, 0.1) is 19.3 Å². The van der Waals surface area contributed by atoms with Crippen LogP contribution in [0.4, 0.5) is 0 Å². The molecule has 0 bridgehead atoms. The van der Waals surface area contributed by atoms with Crippen molar-refractivity contribution in [1.29, 1.82) is 0 Å². The van der Waals surface area contributed by atoms with Gasteiger partial charge in [0.15, 0.2) is 0 Å². The molecule has 1 aromatic carbocycles. The topological polar surface area (TPSA) is 46.5 Å². The highest BCUT2D eigenvalue weighted by molar-refractivity contribution is 7.10. The zero-order valence-electron chi connectivity index (χ0n) is 15.3. The maximum atomic E-state index is 12.5. The van der Waals surface area contributed by atoms with E-state index < -0.39 is 0 Å². The Bertz CT molecular complexity index is 869. The van der Waals surface area contributed by atoms with Crippen LogP contribution in [-0.2, 0) is 16.1 Å². The Hall–Kier alpha value is -2.15. The van der Waals surface area contributed by atoms with Gasteiger partial charge < -0.3 is 14.6 Å². The number of nitrogens with one attached hydrogen (secondary N) is 1. The molecule has 6 heteroatoms. The van der Waals surface area contributed by atoms with E-state index in [4.69, 9.17) is 4.74 Å². The first kappa shape index (κ1) is 18.2. The third-order valence-electron chi connectivity index (χ3n) is 5.11. The highest BCUT2D eigenvalue weighted by atomic mass is 32.1. The summed E-state index contributed by atoms with van der Waals surface area (Å²) in [6, 6.07) is 14.8. The van der Waals surface area contributed by atoms with E-state index in [9.17, 15) is 4.79 Å². The first-order chi connectivity index (χ1) is 13.3. The number of para-hydroxylation sites is 1. The lowest BCUT2D eigenvalue weighted by Gasteiger charge is -2.34. The van der Waals surface area contributed by atoms with Gasteiger partial charge in [-0.05, 0) is 29.0 Å². The minimum Gasteiger partial charge on any atom is -0.379 e. The second-order valence-electron chi connectivity index (χ2n) is 6.80. The van der Waals surface area contributed by atoms with Crippen molar-refractivity contribution >= 4 is 28.1 Å². The number of carbonyl (C=O) groups excluding carboxylic acids is 1. The van der Waals surface area contributed by atoms with Gasteiger partial charge in [-0.3, -0.25) is 9.69 Å². The normalized spacial score (nSPS) is 16.4. The molecule has 27 heavy (non-hydrogen) atoms. The van der Waals surface area contributed by atoms with Crippen LogP contribution in [0.1, 0.15) is 17.3 Å². The fraction of sp³-hybridized carbons (Fsp3) is 0.381. The van der Waals surface area contributed by atoms with Gasteiger partial charge in [0, 0.05) is 49.2 Å². The van der Waals surface area contributed by atoms with Gasteiger partial charge in [0.2, 0.25) is 5.91 Å². The summed E-state index contributed by atoms with van der Waals surface area (Å²) < 4.78 is 7.63. The fourth-order valence-corrected chi connectivity index (χ4v) is 4.50. The molecular formula is C21H25N3O2S. The zero-order chi connectivity index (χ0) is 18.5. The maximum absolute atomic E-state index is 12.5. The Morgan fingerprint density at radius 1 is 1.15 bits per heavy atom. The van der Waals surface area contributed by atoms with Crippen LogP contribution in [0.3, 0.4) is 0 Å². The molecule has 1 saturated heterocycles. The third-order valence-corrected chi connectivity index (χ3v) is 6.08. The average Bonchev–Trinajstić information content (AvgIpc) is 3.38. The number of morpholine rings is 1. The Morgan fingerprint density at radius 2 is 2.00 bits per heavy atom. The van der Waals surface area contributed by atoms with Gasteiger partial charge in [-0.2, -0.15) is 0 Å². The minimum absolute atomic E-state index is 0.0996. The largest absolute Gasteiger partial charge is 0.379 e. The molecule has 0 saturated carbocycles. The molecule has 3 aromatic rings. The van der Waals surface area contributed by atoms with E-state index in [2.05, 4.69) is 56.7 Å². The van der Waals surface area contributed by atoms with Crippen LogP contribution in [0.15, 0.2) is 54.0 Å². The molecule has 1 aliphatic heterocycles. The Kier molecular flexibility index (Phi) is 5.87. The number of hydrogen-bond donors (Lipinski definition) is 1. The summed E-state index contributed by atoms with van der Waals surface area (Å²) in [7, 11) is 0. The molecule has 1 fully saturated rings. The van der Waals surface area contributed by atoms with E-state index in [0.29, 0.717) is 19.5 Å². The van der Waals surface area contributed by atoms with Gasteiger partial charge >= 0.3 is 0 Å². The number of ether oxygens (including phenoxy) is 1. The average molecular weight is 384 g/mol. The number of thiophene rings is 1. The van der Waals surface area contributed by atoms with Crippen molar-refractivity contribution in [2.24, 2.45) is 0 Å². The number of hydrogen-bond acceptors (Lipinski definition) is 4. The summed E-state index contributed by atoms with van der Waals surface area (Å²) >= 11 is 1.75. The minimum atomic E-state index is 0.0996. The Balaban J connectivity index is 1.34. The van der Waals surface area contributed by atoms with Crippen molar-refractivity contribution in [3.63, 3.8) is 0 Å². The summed E-state index contributed by atoms with van der Waals surface area (Å²) in [6.07, 6.45) is 2.54. The van der Waals surface area contributed by atoms with Crippen molar-refractivity contribution in [2.45, 2.75) is 19.0 Å². The number of benzene rings is 1. The molecule has 1 atom stereocenters. The molecule has 0 unspecified atom stereocenters. The lowest BCUT2D eigenvalue weighted by atomic mass is 10.2. The molecule has 1 amide bonds. The number of aromatic nitrogens is 1. The summed E-state index contributed by atoms with van der Waals surface area (Å²) in [5.41, 5.74) is 1.18. The number of nitrogens with zero attached hydrogens (tertiary/aromatic N) is 2. The molecule has 1 N–H and O–H groups in total. The van der Waals surface area contributed by atoms with E-state index in [-0.39, 0.29) is 11.9 Å². The van der Waals surface area contributed by atoms with Gasteiger partial charge in [0.25, 0.3) is 0 Å². The molecule has 142 valence electrons. The van der Waals surface area contributed by atoms with Crippen molar-refractivity contribution in [1.82, 2.24) is 14.8 Å². The predicted octanol–water partition coefficient (Wildman–Crippen LogP) is 3.28. The summed E-state index contributed by atoms with van der Waals surface area (Å²) in [6.45, 7) is 4.68. The van der Waals surface area contributed by atoms with Crippen molar-refractivity contribution < 1.29 is 9.53 Å². The Labute approximate surface area is 163 Å². The SMILES string of the molecule is O=C(CCn1ccc2ccccc21)NC[C@H](c1cccs1)N1CCOCC1. The standard InChI is InChI=1S/C21H25N3O2S/c25-21(8-10-23-9-7-17-4-1-2-5-18(17)23)22-16-19(20-6-3-15-27-20)24-11-13-26-14-12-24/h1-7,9,15,19H,8,10-14,16H2,(H,22,25)/t19-/m1/s1. The Morgan fingerprint density at radius 3 is 2.81 bits per heavy atom. The fourth-order valence-electron chi connectivity index (χ4n) is 3.64. The molecule has 3 heterocycles. The maximum Gasteiger partial charge on any atom is 0.221 e. The van der Waals surface area contributed by atoms with E-state index in [1.54, 1.807) is 11.3 Å². The molecule has 0 radical (unpaired) electrons. The number of aryl methyl sites for hydroxylation is 1. The van der Waals surface area contributed by atoms with E-state index in [1.165, 1.54) is 15.8 Å². The number of carbonyl (C=O) groups is 1.